The average Bonchev–Trinajstić information content (AvgIpc) is 2.76. The predicted octanol–water partition coefficient (Wildman–Crippen LogP) is 2.26. The predicted molar refractivity (Wildman–Crippen MR) is 68.3 cm³/mol. The molecular weight excluding hydrogens is 231 g/mol. The van der Waals surface area contributed by atoms with Gasteiger partial charge in [0.05, 0.1) is 6.54 Å². The van der Waals surface area contributed by atoms with Crippen molar-refractivity contribution in [2.24, 2.45) is 5.73 Å². The quantitative estimate of drug-likeness (QED) is 0.903. The van der Waals surface area contributed by atoms with E-state index in [1.807, 2.05) is 10.6 Å². The maximum absolute atomic E-state index is 13.6. The zero-order valence-corrected chi connectivity index (χ0v) is 10.7. The van der Waals surface area contributed by atoms with Gasteiger partial charge in [0, 0.05) is 12.1 Å². The van der Waals surface area contributed by atoms with E-state index in [2.05, 4.69) is 17.1 Å². The molecule has 1 aromatic heterocycles. The van der Waals surface area contributed by atoms with Gasteiger partial charge < -0.3 is 10.3 Å². The summed E-state index contributed by atoms with van der Waals surface area (Å²) in [7, 11) is 0. The minimum Gasteiger partial charge on any atom is -0.324 e. The number of hydrogen-bond acceptors (Lipinski definition) is 3. The van der Waals surface area contributed by atoms with E-state index in [1.54, 1.807) is 13.0 Å². The van der Waals surface area contributed by atoms with Gasteiger partial charge in [-0.3, -0.25) is 0 Å². The van der Waals surface area contributed by atoms with Gasteiger partial charge in [-0.25, -0.2) is 4.39 Å². The maximum Gasteiger partial charge on any atom is 0.164 e. The second kappa shape index (κ2) is 5.27. The molecule has 1 heterocycles. The summed E-state index contributed by atoms with van der Waals surface area (Å²) in [6, 6.07) is 5.10. The number of halogens is 1. The van der Waals surface area contributed by atoms with Crippen LogP contribution >= 0.6 is 0 Å². The molecule has 0 aliphatic heterocycles. The lowest BCUT2D eigenvalue weighted by atomic mass is 10.1. The Balaban J connectivity index is 2.49. The molecule has 2 rings (SSSR count). The van der Waals surface area contributed by atoms with E-state index < -0.39 is 0 Å². The fourth-order valence-electron chi connectivity index (χ4n) is 1.89. The van der Waals surface area contributed by atoms with Crippen LogP contribution in [0.1, 0.15) is 24.7 Å². The van der Waals surface area contributed by atoms with Gasteiger partial charge in [0.2, 0.25) is 0 Å². The summed E-state index contributed by atoms with van der Waals surface area (Å²) in [6.45, 7) is 4.92. The third kappa shape index (κ3) is 2.26. The molecule has 0 radical (unpaired) electrons. The van der Waals surface area contributed by atoms with Crippen molar-refractivity contribution < 1.29 is 4.39 Å². The first-order chi connectivity index (χ1) is 8.67. The van der Waals surface area contributed by atoms with Crippen LogP contribution < -0.4 is 5.73 Å². The standard InChI is InChI=1S/C13H17FN4/c1-3-6-18-12(8-15)16-17-13(18)10-5-4-9(2)11(14)7-10/h4-5,7H,3,6,8,15H2,1-2H3. The molecule has 0 spiro atoms. The molecule has 2 N–H and O–H groups in total. The topological polar surface area (TPSA) is 56.7 Å². The van der Waals surface area contributed by atoms with Gasteiger partial charge in [-0.05, 0) is 25.0 Å². The Morgan fingerprint density at radius 3 is 2.72 bits per heavy atom. The molecule has 2 aromatic rings. The Hall–Kier alpha value is -1.75. The van der Waals surface area contributed by atoms with Crippen LogP contribution in [-0.2, 0) is 13.1 Å². The fraction of sp³-hybridized carbons (Fsp3) is 0.385. The van der Waals surface area contributed by atoms with E-state index in [1.165, 1.54) is 6.07 Å². The largest absolute Gasteiger partial charge is 0.324 e. The molecule has 5 heteroatoms. The summed E-state index contributed by atoms with van der Waals surface area (Å²) in [5.74, 6) is 1.18. The van der Waals surface area contributed by atoms with Gasteiger partial charge in [-0.1, -0.05) is 19.1 Å². The van der Waals surface area contributed by atoms with Crippen molar-refractivity contribution in [3.05, 3.63) is 35.4 Å². The zero-order valence-electron chi connectivity index (χ0n) is 10.7. The van der Waals surface area contributed by atoms with Gasteiger partial charge in [0.15, 0.2) is 5.82 Å². The molecule has 18 heavy (non-hydrogen) atoms. The minimum atomic E-state index is -0.229. The first-order valence-corrected chi connectivity index (χ1v) is 6.06. The Morgan fingerprint density at radius 2 is 2.11 bits per heavy atom. The molecule has 4 nitrogen and oxygen atoms in total. The Morgan fingerprint density at radius 1 is 1.33 bits per heavy atom. The third-order valence-corrected chi connectivity index (χ3v) is 2.89. The van der Waals surface area contributed by atoms with Crippen molar-refractivity contribution in [2.45, 2.75) is 33.4 Å². The fourth-order valence-corrected chi connectivity index (χ4v) is 1.89. The Labute approximate surface area is 106 Å². The van der Waals surface area contributed by atoms with Crippen LogP contribution in [0.5, 0.6) is 0 Å². The van der Waals surface area contributed by atoms with Crippen LogP contribution in [0.15, 0.2) is 18.2 Å². The smallest absolute Gasteiger partial charge is 0.164 e. The summed E-state index contributed by atoms with van der Waals surface area (Å²) < 4.78 is 15.5. The van der Waals surface area contributed by atoms with Gasteiger partial charge in [-0.15, -0.1) is 10.2 Å². The highest BCUT2D eigenvalue weighted by Gasteiger charge is 2.13. The van der Waals surface area contributed by atoms with Gasteiger partial charge >= 0.3 is 0 Å². The van der Waals surface area contributed by atoms with Crippen LogP contribution in [0.4, 0.5) is 4.39 Å². The number of nitrogens with zero attached hydrogens (tertiary/aromatic N) is 3. The molecule has 0 fully saturated rings. The molecule has 0 saturated carbocycles. The van der Waals surface area contributed by atoms with Crippen LogP contribution in [-0.4, -0.2) is 14.8 Å². The average molecular weight is 248 g/mol. The van der Waals surface area contributed by atoms with Crippen molar-refractivity contribution in [3.8, 4) is 11.4 Å². The molecule has 1 aromatic carbocycles. The lowest BCUT2D eigenvalue weighted by Crippen LogP contribution is -2.09. The number of hydrogen-bond donors (Lipinski definition) is 1. The summed E-state index contributed by atoms with van der Waals surface area (Å²) >= 11 is 0. The highest BCUT2D eigenvalue weighted by molar-refractivity contribution is 5.56. The van der Waals surface area contributed by atoms with E-state index in [4.69, 9.17) is 5.73 Å². The van der Waals surface area contributed by atoms with Crippen molar-refractivity contribution in [1.82, 2.24) is 14.8 Å². The molecule has 0 bridgehead atoms. The normalized spacial score (nSPS) is 10.9. The van der Waals surface area contributed by atoms with Crippen LogP contribution in [0.2, 0.25) is 0 Å². The molecule has 0 unspecified atom stereocenters. The zero-order chi connectivity index (χ0) is 13.1. The lowest BCUT2D eigenvalue weighted by molar-refractivity contribution is 0.617. The summed E-state index contributed by atoms with van der Waals surface area (Å²) in [5, 5.41) is 8.16. The number of benzene rings is 1. The molecule has 0 atom stereocenters. The van der Waals surface area contributed by atoms with E-state index in [0.29, 0.717) is 17.9 Å². The Bertz CT molecular complexity index is 548. The Kier molecular flexibility index (Phi) is 3.72. The van der Waals surface area contributed by atoms with Crippen LogP contribution in [0, 0.1) is 12.7 Å². The lowest BCUT2D eigenvalue weighted by Gasteiger charge is -2.08. The number of aryl methyl sites for hydroxylation is 1. The van der Waals surface area contributed by atoms with Gasteiger partial charge in [0.25, 0.3) is 0 Å². The monoisotopic (exact) mass is 248 g/mol. The SMILES string of the molecule is CCCn1c(CN)nnc1-c1ccc(C)c(F)c1. The van der Waals surface area contributed by atoms with Crippen LogP contribution in [0.25, 0.3) is 11.4 Å². The summed E-state index contributed by atoms with van der Waals surface area (Å²) in [5.41, 5.74) is 6.99. The van der Waals surface area contributed by atoms with E-state index in [9.17, 15) is 4.39 Å². The first-order valence-electron chi connectivity index (χ1n) is 6.06. The second-order valence-electron chi connectivity index (χ2n) is 4.26. The molecule has 96 valence electrons. The number of aromatic nitrogens is 3. The van der Waals surface area contributed by atoms with E-state index >= 15 is 0 Å². The van der Waals surface area contributed by atoms with Crippen molar-refractivity contribution >= 4 is 0 Å². The highest BCUT2D eigenvalue weighted by atomic mass is 19.1. The minimum absolute atomic E-state index is 0.229. The molecule has 0 amide bonds. The van der Waals surface area contributed by atoms with Gasteiger partial charge in [0.1, 0.15) is 11.6 Å². The summed E-state index contributed by atoms with van der Waals surface area (Å²) in [4.78, 5) is 0. The number of rotatable bonds is 4. The van der Waals surface area contributed by atoms with Crippen molar-refractivity contribution in [3.63, 3.8) is 0 Å². The van der Waals surface area contributed by atoms with Gasteiger partial charge in [-0.2, -0.15) is 0 Å². The second-order valence-corrected chi connectivity index (χ2v) is 4.26. The molecule has 0 aliphatic rings. The number of nitrogens with two attached hydrogens (primary N) is 1. The maximum atomic E-state index is 13.6. The van der Waals surface area contributed by atoms with Crippen molar-refractivity contribution in [2.75, 3.05) is 0 Å². The first kappa shape index (κ1) is 12.7. The van der Waals surface area contributed by atoms with E-state index in [0.717, 1.165) is 24.4 Å². The summed E-state index contributed by atoms with van der Waals surface area (Å²) in [6.07, 6.45) is 0.951. The van der Waals surface area contributed by atoms with Crippen LogP contribution in [0.3, 0.4) is 0 Å². The highest BCUT2D eigenvalue weighted by Crippen LogP contribution is 2.21. The third-order valence-electron chi connectivity index (χ3n) is 2.89. The van der Waals surface area contributed by atoms with E-state index in [-0.39, 0.29) is 5.82 Å². The molecular formula is C13H17FN4. The molecule has 0 aliphatic carbocycles. The van der Waals surface area contributed by atoms with Crippen molar-refractivity contribution in [1.29, 1.82) is 0 Å². The molecule has 0 saturated heterocycles.